The molecule has 0 unspecified atom stereocenters. The fourth-order valence-electron chi connectivity index (χ4n) is 3.57. The summed E-state index contributed by atoms with van der Waals surface area (Å²) in [6.45, 7) is 5.98. The number of para-hydroxylation sites is 1. The van der Waals surface area contributed by atoms with Gasteiger partial charge in [-0.15, -0.1) is 0 Å². The number of aryl methyl sites for hydroxylation is 3. The fourth-order valence-corrected chi connectivity index (χ4v) is 3.57. The van der Waals surface area contributed by atoms with Gasteiger partial charge in [-0.05, 0) is 37.3 Å². The minimum absolute atomic E-state index is 0.281. The van der Waals surface area contributed by atoms with Gasteiger partial charge in [0.05, 0.1) is 0 Å². The predicted molar refractivity (Wildman–Crippen MR) is 118 cm³/mol. The van der Waals surface area contributed by atoms with E-state index in [-0.39, 0.29) is 31.0 Å². The molecule has 10 heteroatoms. The summed E-state index contributed by atoms with van der Waals surface area (Å²) >= 11 is 0. The van der Waals surface area contributed by atoms with Crippen LogP contribution in [-0.4, -0.2) is 59.3 Å². The summed E-state index contributed by atoms with van der Waals surface area (Å²) in [6.07, 6.45) is 2.24. The molecule has 2 aromatic rings. The van der Waals surface area contributed by atoms with Crippen LogP contribution in [0.4, 0.5) is 16.3 Å². The monoisotopic (exact) mass is 443 g/mol. The molecule has 2 heterocycles. The quantitative estimate of drug-likeness (QED) is 0.648. The number of hydrogen-bond donors (Lipinski definition) is 2. The third-order valence-electron chi connectivity index (χ3n) is 5.14. The van der Waals surface area contributed by atoms with E-state index < -0.39 is 5.91 Å². The molecule has 0 aliphatic carbocycles. The lowest BCUT2D eigenvalue weighted by atomic mass is 10.0. The Morgan fingerprint density at radius 2 is 1.75 bits per heavy atom. The predicted octanol–water partition coefficient (Wildman–Crippen LogP) is 2.74. The number of nitrogens with one attached hydrogen (secondary N) is 2. The number of carbonyl (C=O) groups is 3. The van der Waals surface area contributed by atoms with Crippen LogP contribution < -0.4 is 10.6 Å². The van der Waals surface area contributed by atoms with Crippen LogP contribution in [0.1, 0.15) is 37.2 Å². The molecular formula is C22H29N5O5. The van der Waals surface area contributed by atoms with E-state index in [9.17, 15) is 14.4 Å². The smallest absolute Gasteiger partial charge is 0.340 e. The van der Waals surface area contributed by atoms with Crippen molar-refractivity contribution < 1.29 is 23.6 Å². The molecule has 32 heavy (non-hydrogen) atoms. The Kier molecular flexibility index (Phi) is 7.82. The summed E-state index contributed by atoms with van der Waals surface area (Å²) in [4.78, 5) is 37.5. The van der Waals surface area contributed by atoms with Crippen molar-refractivity contribution in [3.8, 4) is 0 Å². The van der Waals surface area contributed by atoms with Crippen LogP contribution in [0.5, 0.6) is 0 Å². The van der Waals surface area contributed by atoms with Crippen LogP contribution >= 0.6 is 0 Å². The lowest BCUT2D eigenvalue weighted by molar-refractivity contribution is -0.145. The minimum Gasteiger partial charge on any atom is -0.362 e. The lowest BCUT2D eigenvalue weighted by Crippen LogP contribution is -2.48. The van der Waals surface area contributed by atoms with Crippen LogP contribution in [0.15, 0.2) is 28.8 Å². The van der Waals surface area contributed by atoms with Crippen LogP contribution in [0.2, 0.25) is 0 Å². The molecule has 1 fully saturated rings. The van der Waals surface area contributed by atoms with Crippen LogP contribution in [0.3, 0.4) is 0 Å². The first-order valence-electron chi connectivity index (χ1n) is 10.7. The molecule has 1 aromatic carbocycles. The van der Waals surface area contributed by atoms with Crippen molar-refractivity contribution in [3.05, 3.63) is 41.2 Å². The Hall–Kier alpha value is -3.40. The topological polar surface area (TPSA) is 117 Å². The molecule has 2 N–H and O–H groups in total. The van der Waals surface area contributed by atoms with Crippen molar-refractivity contribution >= 4 is 29.4 Å². The summed E-state index contributed by atoms with van der Waals surface area (Å²) in [6, 6.07) is 7.17. The third-order valence-corrected chi connectivity index (χ3v) is 5.14. The average molecular weight is 444 g/mol. The van der Waals surface area contributed by atoms with Crippen LogP contribution in [0.25, 0.3) is 0 Å². The molecule has 0 bridgehead atoms. The molecule has 1 aromatic heterocycles. The van der Waals surface area contributed by atoms with Crippen molar-refractivity contribution in [2.24, 2.45) is 0 Å². The number of nitrogens with zero attached hydrogens (tertiary/aromatic N) is 3. The lowest BCUT2D eigenvalue weighted by Gasteiger charge is -2.28. The summed E-state index contributed by atoms with van der Waals surface area (Å²) < 4.78 is 10.1. The average Bonchev–Trinajstić information content (AvgIpc) is 3.43. The summed E-state index contributed by atoms with van der Waals surface area (Å²) in [5, 5.41) is 11.9. The maximum Gasteiger partial charge on any atom is 0.340 e. The Labute approximate surface area is 186 Å². The van der Waals surface area contributed by atoms with Gasteiger partial charge in [-0.2, -0.15) is 0 Å². The molecule has 0 atom stereocenters. The van der Waals surface area contributed by atoms with E-state index in [1.165, 1.54) is 10.0 Å². The van der Waals surface area contributed by atoms with Gasteiger partial charge in [0.25, 0.3) is 11.8 Å². The van der Waals surface area contributed by atoms with Gasteiger partial charge >= 0.3 is 6.03 Å². The fraction of sp³-hybridized carbons (Fsp3) is 0.455. The van der Waals surface area contributed by atoms with Crippen molar-refractivity contribution in [1.82, 2.24) is 15.2 Å². The Balaban J connectivity index is 1.54. The Morgan fingerprint density at radius 3 is 2.38 bits per heavy atom. The standard InChI is InChI=1S/C22H29N5O5/c1-4-16-8-6-9-17(5-2)21(16)24-22(30)27-11-7-10-26(27)20(29)14-31-13-19(28)23-18-12-15(3)32-25-18/h6,8-9,12H,4-5,7,10-11,13-14H2,1-3H3,(H,24,30)(H,23,25,28). The molecule has 0 saturated carbocycles. The molecule has 172 valence electrons. The van der Waals surface area contributed by atoms with Crippen LogP contribution in [-0.2, 0) is 27.2 Å². The minimum atomic E-state index is -0.453. The highest BCUT2D eigenvalue weighted by atomic mass is 16.5. The van der Waals surface area contributed by atoms with Gasteiger partial charge < -0.3 is 19.9 Å². The zero-order valence-electron chi connectivity index (χ0n) is 18.6. The normalized spacial score (nSPS) is 13.3. The number of ether oxygens (including phenoxy) is 1. The van der Waals surface area contributed by atoms with E-state index in [0.717, 1.165) is 29.7 Å². The maximum absolute atomic E-state index is 13.0. The van der Waals surface area contributed by atoms with Gasteiger partial charge in [-0.3, -0.25) is 9.59 Å². The SMILES string of the molecule is CCc1cccc(CC)c1NC(=O)N1CCCN1C(=O)COCC(=O)Nc1cc(C)on1. The number of amides is 4. The second-order valence-electron chi connectivity index (χ2n) is 7.45. The van der Waals surface area contributed by atoms with Gasteiger partial charge in [0.2, 0.25) is 0 Å². The van der Waals surface area contributed by atoms with E-state index in [1.807, 2.05) is 32.0 Å². The number of urea groups is 1. The van der Waals surface area contributed by atoms with Crippen molar-refractivity contribution in [3.63, 3.8) is 0 Å². The Morgan fingerprint density at radius 1 is 1.06 bits per heavy atom. The first kappa shape index (κ1) is 23.3. The molecule has 10 nitrogen and oxygen atoms in total. The molecular weight excluding hydrogens is 414 g/mol. The Bertz CT molecular complexity index is 951. The van der Waals surface area contributed by atoms with Crippen molar-refractivity contribution in [2.45, 2.75) is 40.0 Å². The van der Waals surface area contributed by atoms with Crippen molar-refractivity contribution in [1.29, 1.82) is 0 Å². The third kappa shape index (κ3) is 5.64. The summed E-state index contributed by atoms with van der Waals surface area (Å²) in [5.41, 5.74) is 2.90. The largest absolute Gasteiger partial charge is 0.362 e. The zero-order chi connectivity index (χ0) is 23.1. The molecule has 0 spiro atoms. The number of rotatable bonds is 8. The number of aromatic nitrogens is 1. The van der Waals surface area contributed by atoms with Crippen molar-refractivity contribution in [2.75, 3.05) is 36.9 Å². The molecule has 4 amide bonds. The van der Waals surface area contributed by atoms with Crippen LogP contribution in [0, 0.1) is 6.92 Å². The van der Waals surface area contributed by atoms with Gasteiger partial charge in [0.15, 0.2) is 5.82 Å². The van der Waals surface area contributed by atoms with E-state index in [0.29, 0.717) is 25.3 Å². The highest BCUT2D eigenvalue weighted by Gasteiger charge is 2.31. The first-order chi connectivity index (χ1) is 15.4. The molecule has 1 aliphatic heterocycles. The number of anilines is 2. The van der Waals surface area contributed by atoms with E-state index >= 15 is 0 Å². The number of hydrazine groups is 1. The second-order valence-corrected chi connectivity index (χ2v) is 7.45. The zero-order valence-corrected chi connectivity index (χ0v) is 18.6. The number of hydrogen-bond acceptors (Lipinski definition) is 6. The maximum atomic E-state index is 13.0. The summed E-state index contributed by atoms with van der Waals surface area (Å²) in [7, 11) is 0. The van der Waals surface area contributed by atoms with E-state index in [1.54, 1.807) is 13.0 Å². The van der Waals surface area contributed by atoms with E-state index in [2.05, 4.69) is 15.8 Å². The molecule has 1 aliphatic rings. The number of benzene rings is 1. The second kappa shape index (κ2) is 10.8. The van der Waals surface area contributed by atoms with Gasteiger partial charge in [0.1, 0.15) is 19.0 Å². The van der Waals surface area contributed by atoms with Gasteiger partial charge in [-0.25, -0.2) is 14.8 Å². The molecule has 3 rings (SSSR count). The molecule has 0 radical (unpaired) electrons. The van der Waals surface area contributed by atoms with Gasteiger partial charge in [0, 0.05) is 24.8 Å². The van der Waals surface area contributed by atoms with Gasteiger partial charge in [-0.1, -0.05) is 37.2 Å². The molecule has 1 saturated heterocycles. The number of carbonyl (C=O) groups excluding carboxylic acids is 3. The highest BCUT2D eigenvalue weighted by molar-refractivity contribution is 5.93. The first-order valence-corrected chi connectivity index (χ1v) is 10.7. The summed E-state index contributed by atoms with van der Waals surface area (Å²) in [5.74, 6) is 0.00708. The van der Waals surface area contributed by atoms with E-state index in [4.69, 9.17) is 9.26 Å². The highest BCUT2D eigenvalue weighted by Crippen LogP contribution is 2.24.